The number of sulfonamides is 1. The van der Waals surface area contributed by atoms with Crippen LogP contribution in [0, 0.1) is 0 Å². The molecular weight excluding hydrogens is 478 g/mol. The van der Waals surface area contributed by atoms with Crippen molar-refractivity contribution in [3.63, 3.8) is 0 Å². The van der Waals surface area contributed by atoms with Gasteiger partial charge in [-0.05, 0) is 53.4 Å². The number of halogens is 1. The number of pyridine rings is 1. The highest BCUT2D eigenvalue weighted by atomic mass is 35.5. The van der Waals surface area contributed by atoms with Gasteiger partial charge in [-0.15, -0.1) is 0 Å². The molecule has 0 bridgehead atoms. The van der Waals surface area contributed by atoms with Crippen LogP contribution in [0.1, 0.15) is 36.7 Å². The summed E-state index contributed by atoms with van der Waals surface area (Å²) in [7, 11) is -2.01. The average Bonchev–Trinajstić information content (AvgIpc) is 2.73. The van der Waals surface area contributed by atoms with Crippen LogP contribution in [0.3, 0.4) is 0 Å². The minimum absolute atomic E-state index is 0.0741. The monoisotopic (exact) mass is 503 g/mol. The van der Waals surface area contributed by atoms with Gasteiger partial charge < -0.3 is 15.0 Å². The number of benzene rings is 2. The third-order valence-electron chi connectivity index (χ3n) is 5.01. The topological polar surface area (TPSA) is 117 Å². The third-order valence-corrected chi connectivity index (χ3v) is 5.91. The highest BCUT2D eigenvalue weighted by Crippen LogP contribution is 2.40. The van der Waals surface area contributed by atoms with Gasteiger partial charge in [0.05, 0.1) is 29.8 Å². The first-order chi connectivity index (χ1) is 15.8. The number of methoxy groups -OCH3 is 1. The number of hydrogen-bond donors (Lipinski definition) is 3. The summed E-state index contributed by atoms with van der Waals surface area (Å²) in [5.74, 6) is -0.0106. The molecule has 0 saturated carbocycles. The summed E-state index contributed by atoms with van der Waals surface area (Å²) in [5.41, 5.74) is 2.02. The fourth-order valence-corrected chi connectivity index (χ4v) is 4.30. The van der Waals surface area contributed by atoms with Crippen molar-refractivity contribution in [1.29, 1.82) is 0 Å². The lowest BCUT2D eigenvalue weighted by atomic mass is 9.84. The number of carbonyl (C=O) groups is 1. The SMILES string of the molecule is COc1c(NC(=O)c2ccc(NS(C)(=O)=O)c(Cl)c2)cc(-c2ccc[nH]c2=O)cc1C(C)(C)C. The fourth-order valence-electron chi connectivity index (χ4n) is 3.44. The van der Waals surface area contributed by atoms with Crippen molar-refractivity contribution < 1.29 is 17.9 Å². The van der Waals surface area contributed by atoms with Gasteiger partial charge in [0.15, 0.2) is 0 Å². The Balaban J connectivity index is 2.07. The maximum Gasteiger partial charge on any atom is 0.255 e. The Hall–Kier alpha value is -3.30. The molecule has 3 aromatic rings. The number of aromatic amines is 1. The van der Waals surface area contributed by atoms with Crippen LogP contribution in [0.2, 0.25) is 5.02 Å². The van der Waals surface area contributed by atoms with E-state index in [1.165, 1.54) is 25.3 Å². The Morgan fingerprint density at radius 3 is 2.35 bits per heavy atom. The summed E-state index contributed by atoms with van der Waals surface area (Å²) < 4.78 is 30.9. The number of ether oxygens (including phenoxy) is 1. The van der Waals surface area contributed by atoms with Crippen molar-refractivity contribution in [3.8, 4) is 16.9 Å². The van der Waals surface area contributed by atoms with Gasteiger partial charge in [-0.25, -0.2) is 8.42 Å². The van der Waals surface area contributed by atoms with E-state index in [4.69, 9.17) is 16.3 Å². The van der Waals surface area contributed by atoms with Crippen LogP contribution in [0.4, 0.5) is 11.4 Å². The first-order valence-corrected chi connectivity index (χ1v) is 12.6. The standard InChI is InChI=1S/C24H26ClN3O5S/c1-24(2,3)17-11-15(16-7-6-10-26-23(16)30)13-20(21(17)33-4)27-22(29)14-8-9-19(18(25)12-14)28-34(5,31)32/h6-13,28H,1-5H3,(H,26,30)(H,27,29). The number of anilines is 2. The van der Waals surface area contributed by atoms with Crippen molar-refractivity contribution in [2.45, 2.75) is 26.2 Å². The lowest BCUT2D eigenvalue weighted by Crippen LogP contribution is -2.18. The van der Waals surface area contributed by atoms with Crippen LogP contribution >= 0.6 is 11.6 Å². The van der Waals surface area contributed by atoms with Crippen LogP contribution in [-0.2, 0) is 15.4 Å². The van der Waals surface area contributed by atoms with Crippen molar-refractivity contribution in [1.82, 2.24) is 4.98 Å². The van der Waals surface area contributed by atoms with E-state index in [0.29, 0.717) is 22.6 Å². The molecule has 0 radical (unpaired) electrons. The predicted octanol–water partition coefficient (Wildman–Crippen LogP) is 4.63. The second kappa shape index (κ2) is 9.52. The van der Waals surface area contributed by atoms with Gasteiger partial charge in [0.25, 0.3) is 11.5 Å². The molecule has 2 aromatic carbocycles. The van der Waals surface area contributed by atoms with E-state index in [0.717, 1.165) is 11.8 Å². The molecule has 0 saturated heterocycles. The van der Waals surface area contributed by atoms with Gasteiger partial charge in [0.1, 0.15) is 5.75 Å². The quantitative estimate of drug-likeness (QED) is 0.453. The molecule has 0 fully saturated rings. The lowest BCUT2D eigenvalue weighted by molar-refractivity contribution is 0.102. The Morgan fingerprint density at radius 2 is 1.79 bits per heavy atom. The maximum absolute atomic E-state index is 13.1. The highest BCUT2D eigenvalue weighted by Gasteiger charge is 2.24. The number of hydrogen-bond acceptors (Lipinski definition) is 5. The Morgan fingerprint density at radius 1 is 1.09 bits per heavy atom. The highest BCUT2D eigenvalue weighted by molar-refractivity contribution is 7.92. The summed E-state index contributed by atoms with van der Waals surface area (Å²) in [6.45, 7) is 6.01. The Kier molecular flexibility index (Phi) is 7.09. The van der Waals surface area contributed by atoms with Gasteiger partial charge in [-0.1, -0.05) is 32.4 Å². The number of rotatable bonds is 6. The van der Waals surface area contributed by atoms with Gasteiger partial charge in [-0.2, -0.15) is 0 Å². The van der Waals surface area contributed by atoms with E-state index in [1.807, 2.05) is 26.8 Å². The van der Waals surface area contributed by atoms with E-state index in [2.05, 4.69) is 15.0 Å². The summed E-state index contributed by atoms with van der Waals surface area (Å²) in [6.07, 6.45) is 2.56. The normalized spacial score (nSPS) is 11.7. The molecule has 0 aliphatic heterocycles. The second-order valence-electron chi connectivity index (χ2n) is 8.79. The predicted molar refractivity (Wildman–Crippen MR) is 136 cm³/mol. The number of carbonyl (C=O) groups excluding carboxylic acids is 1. The number of H-pyrrole nitrogens is 1. The molecule has 8 nitrogen and oxygen atoms in total. The van der Waals surface area contributed by atoms with Gasteiger partial charge in [-0.3, -0.25) is 14.3 Å². The molecule has 0 spiro atoms. The minimum atomic E-state index is -3.52. The molecule has 0 aliphatic carbocycles. The number of amides is 1. The summed E-state index contributed by atoms with van der Waals surface area (Å²) in [6, 6.07) is 11.2. The van der Waals surface area contributed by atoms with Crippen molar-refractivity contribution >= 4 is 38.9 Å². The van der Waals surface area contributed by atoms with E-state index >= 15 is 0 Å². The first-order valence-electron chi connectivity index (χ1n) is 10.3. The van der Waals surface area contributed by atoms with Crippen LogP contribution in [0.5, 0.6) is 5.75 Å². The zero-order valence-corrected chi connectivity index (χ0v) is 21.0. The number of aromatic nitrogens is 1. The summed E-state index contributed by atoms with van der Waals surface area (Å²) in [5, 5.41) is 2.92. The van der Waals surface area contributed by atoms with Gasteiger partial charge >= 0.3 is 0 Å². The van der Waals surface area contributed by atoms with Crippen molar-refractivity contribution in [2.24, 2.45) is 0 Å². The molecule has 1 aromatic heterocycles. The second-order valence-corrected chi connectivity index (χ2v) is 10.9. The van der Waals surface area contributed by atoms with Gasteiger partial charge in [0.2, 0.25) is 10.0 Å². The van der Waals surface area contributed by atoms with E-state index in [9.17, 15) is 18.0 Å². The molecule has 0 atom stereocenters. The van der Waals surface area contributed by atoms with Crippen LogP contribution in [0.25, 0.3) is 11.1 Å². The van der Waals surface area contributed by atoms with E-state index in [-0.39, 0.29) is 27.2 Å². The van der Waals surface area contributed by atoms with E-state index in [1.54, 1.807) is 24.4 Å². The summed E-state index contributed by atoms with van der Waals surface area (Å²) in [4.78, 5) is 28.2. The zero-order valence-electron chi connectivity index (χ0n) is 19.4. The molecule has 0 unspecified atom stereocenters. The Bertz CT molecular complexity index is 1410. The lowest BCUT2D eigenvalue weighted by Gasteiger charge is -2.25. The van der Waals surface area contributed by atoms with Crippen LogP contribution < -0.4 is 20.3 Å². The van der Waals surface area contributed by atoms with Crippen molar-refractivity contribution in [3.05, 3.63) is 75.2 Å². The van der Waals surface area contributed by atoms with Crippen LogP contribution in [0.15, 0.2) is 53.5 Å². The first kappa shape index (κ1) is 25.3. The Labute approximate surface area is 203 Å². The molecule has 10 heteroatoms. The molecule has 0 aliphatic rings. The third kappa shape index (κ3) is 5.78. The molecule has 180 valence electrons. The zero-order chi connectivity index (χ0) is 25.3. The average molecular weight is 504 g/mol. The fraction of sp³-hybridized carbons (Fsp3) is 0.250. The smallest absolute Gasteiger partial charge is 0.255 e. The molecule has 34 heavy (non-hydrogen) atoms. The molecule has 1 heterocycles. The molecule has 1 amide bonds. The molecule has 3 rings (SSSR count). The van der Waals surface area contributed by atoms with E-state index < -0.39 is 15.9 Å². The minimum Gasteiger partial charge on any atom is -0.494 e. The number of nitrogens with one attached hydrogen (secondary N) is 3. The largest absolute Gasteiger partial charge is 0.494 e. The molecular formula is C24H26ClN3O5S. The maximum atomic E-state index is 13.1. The van der Waals surface area contributed by atoms with Crippen molar-refractivity contribution in [2.75, 3.05) is 23.4 Å². The molecule has 3 N–H and O–H groups in total. The van der Waals surface area contributed by atoms with Crippen LogP contribution in [-0.4, -0.2) is 32.7 Å². The summed E-state index contributed by atoms with van der Waals surface area (Å²) >= 11 is 6.18. The van der Waals surface area contributed by atoms with Gasteiger partial charge in [0, 0.05) is 22.9 Å².